The van der Waals surface area contributed by atoms with Gasteiger partial charge in [0.2, 0.25) is 5.78 Å². The molecule has 3 rings (SSSR count). The third-order valence-corrected chi connectivity index (χ3v) is 3.29. The van der Waals surface area contributed by atoms with Gasteiger partial charge in [-0.05, 0) is 24.6 Å². The molecule has 1 atom stereocenters. The quantitative estimate of drug-likeness (QED) is 0.816. The maximum atomic E-state index is 12.2. The fourth-order valence-corrected chi connectivity index (χ4v) is 2.45. The van der Waals surface area contributed by atoms with Crippen molar-refractivity contribution in [3.63, 3.8) is 0 Å². The Morgan fingerprint density at radius 2 is 2.21 bits per heavy atom. The Labute approximate surface area is 107 Å². The Balaban J connectivity index is 2.14. The Kier molecular flexibility index (Phi) is 2.53. The molecule has 2 aromatic rings. The molecular formula is C13H11NO5. The summed E-state index contributed by atoms with van der Waals surface area (Å²) in [5.74, 6) is -1.38. The van der Waals surface area contributed by atoms with Crippen LogP contribution in [-0.4, -0.2) is 26.5 Å². The number of carboxylic acids is 1. The molecule has 1 aliphatic rings. The molecule has 6 heteroatoms. The lowest BCUT2D eigenvalue weighted by Crippen LogP contribution is -2.08. The second-order valence-corrected chi connectivity index (χ2v) is 4.40. The van der Waals surface area contributed by atoms with E-state index in [9.17, 15) is 14.7 Å². The van der Waals surface area contributed by atoms with Crippen molar-refractivity contribution >= 4 is 11.8 Å². The van der Waals surface area contributed by atoms with E-state index in [4.69, 9.17) is 9.52 Å². The van der Waals surface area contributed by atoms with Crippen molar-refractivity contribution in [1.29, 1.82) is 0 Å². The molecule has 0 spiro atoms. The third-order valence-electron chi connectivity index (χ3n) is 3.29. The molecule has 98 valence electrons. The van der Waals surface area contributed by atoms with E-state index in [0.29, 0.717) is 18.7 Å². The van der Waals surface area contributed by atoms with Crippen LogP contribution in [0.2, 0.25) is 0 Å². The summed E-state index contributed by atoms with van der Waals surface area (Å²) in [5, 5.41) is 19.0. The van der Waals surface area contributed by atoms with Gasteiger partial charge in [0.15, 0.2) is 5.76 Å². The van der Waals surface area contributed by atoms with Crippen LogP contribution < -0.4 is 0 Å². The number of nitrogens with zero attached hydrogens (tertiary/aromatic N) is 1. The number of aromatic nitrogens is 1. The minimum Gasteiger partial charge on any atom is -0.478 e. The first-order valence-corrected chi connectivity index (χ1v) is 5.82. The van der Waals surface area contributed by atoms with Gasteiger partial charge in [-0.1, -0.05) is 0 Å². The van der Waals surface area contributed by atoms with Gasteiger partial charge in [0.05, 0.1) is 29.3 Å². The van der Waals surface area contributed by atoms with Crippen LogP contribution in [0.25, 0.3) is 0 Å². The van der Waals surface area contributed by atoms with Crippen molar-refractivity contribution in [1.82, 2.24) is 4.57 Å². The van der Waals surface area contributed by atoms with Crippen LogP contribution in [0.4, 0.5) is 0 Å². The van der Waals surface area contributed by atoms with E-state index in [-0.39, 0.29) is 22.8 Å². The first-order valence-electron chi connectivity index (χ1n) is 5.82. The number of aliphatic hydroxyl groups is 1. The summed E-state index contributed by atoms with van der Waals surface area (Å²) in [7, 11) is 0. The highest BCUT2D eigenvalue weighted by atomic mass is 16.4. The second kappa shape index (κ2) is 4.10. The molecule has 0 unspecified atom stereocenters. The fourth-order valence-electron chi connectivity index (χ4n) is 2.45. The Morgan fingerprint density at radius 1 is 1.42 bits per heavy atom. The van der Waals surface area contributed by atoms with Crippen molar-refractivity contribution < 1.29 is 24.2 Å². The molecule has 1 aliphatic heterocycles. The molecule has 0 radical (unpaired) electrons. The number of ketones is 1. The van der Waals surface area contributed by atoms with Crippen molar-refractivity contribution in [2.75, 3.05) is 0 Å². The number of rotatable bonds is 3. The number of aliphatic hydroxyl groups excluding tert-OH is 1. The molecule has 6 nitrogen and oxygen atoms in total. The summed E-state index contributed by atoms with van der Waals surface area (Å²) in [6, 6.07) is 4.41. The Hall–Kier alpha value is -2.34. The number of carboxylic acid groups (broad SMARTS) is 1. The highest BCUT2D eigenvalue weighted by Gasteiger charge is 2.32. The maximum absolute atomic E-state index is 12.2. The number of hydrogen-bond donors (Lipinski definition) is 2. The molecule has 0 fully saturated rings. The van der Waals surface area contributed by atoms with Gasteiger partial charge in [-0.25, -0.2) is 4.79 Å². The van der Waals surface area contributed by atoms with Gasteiger partial charge in [-0.2, -0.15) is 0 Å². The topological polar surface area (TPSA) is 92.7 Å². The Morgan fingerprint density at radius 3 is 2.84 bits per heavy atom. The van der Waals surface area contributed by atoms with E-state index in [0.717, 1.165) is 0 Å². The number of aromatic carboxylic acids is 1. The SMILES string of the molecule is O=C(O)c1cc(C(=O)c2ccco2)n2c1[C@H](O)CC2. The summed E-state index contributed by atoms with van der Waals surface area (Å²) in [6.45, 7) is 0.422. The lowest BCUT2D eigenvalue weighted by atomic mass is 10.1. The predicted octanol–water partition coefficient (Wildman–Crippen LogP) is 1.45. The first-order chi connectivity index (χ1) is 9.09. The number of hydrogen-bond acceptors (Lipinski definition) is 4. The molecule has 3 heterocycles. The minimum absolute atomic E-state index is 0.0279. The molecule has 2 aromatic heterocycles. The Bertz CT molecular complexity index is 653. The predicted molar refractivity (Wildman–Crippen MR) is 63.1 cm³/mol. The number of carbonyl (C=O) groups is 2. The van der Waals surface area contributed by atoms with E-state index in [1.54, 1.807) is 10.6 Å². The van der Waals surface area contributed by atoms with Crippen molar-refractivity contribution in [2.45, 2.75) is 19.1 Å². The number of carbonyl (C=O) groups excluding carboxylic acids is 1. The molecular weight excluding hydrogens is 250 g/mol. The lowest BCUT2D eigenvalue weighted by Gasteiger charge is -2.03. The van der Waals surface area contributed by atoms with E-state index in [1.807, 2.05) is 0 Å². The normalized spacial score (nSPS) is 17.4. The van der Waals surface area contributed by atoms with Crippen molar-refractivity contribution in [3.8, 4) is 0 Å². The van der Waals surface area contributed by atoms with E-state index < -0.39 is 12.1 Å². The van der Waals surface area contributed by atoms with Gasteiger partial charge < -0.3 is 19.2 Å². The molecule has 0 amide bonds. The van der Waals surface area contributed by atoms with Crippen LogP contribution >= 0.6 is 0 Å². The van der Waals surface area contributed by atoms with E-state index in [2.05, 4.69) is 0 Å². The monoisotopic (exact) mass is 261 g/mol. The van der Waals surface area contributed by atoms with Crippen LogP contribution in [0.15, 0.2) is 28.9 Å². The van der Waals surface area contributed by atoms with E-state index in [1.165, 1.54) is 18.4 Å². The second-order valence-electron chi connectivity index (χ2n) is 4.40. The van der Waals surface area contributed by atoms with Gasteiger partial charge in [0.25, 0.3) is 0 Å². The fraction of sp³-hybridized carbons (Fsp3) is 0.231. The zero-order chi connectivity index (χ0) is 13.6. The summed E-state index contributed by atoms with van der Waals surface area (Å²) in [6.07, 6.45) is 0.951. The standard InChI is InChI=1S/C13H11NO5/c15-9-3-4-14-8(6-7(11(9)14)13(17)18)12(16)10-2-1-5-19-10/h1-2,5-6,9,15H,3-4H2,(H,17,18)/t9-/m1/s1. The molecule has 0 aromatic carbocycles. The van der Waals surface area contributed by atoms with Gasteiger partial charge in [-0.3, -0.25) is 4.79 Å². The number of fused-ring (bicyclic) bond motifs is 1. The van der Waals surface area contributed by atoms with Crippen molar-refractivity contribution in [3.05, 3.63) is 47.2 Å². The third kappa shape index (κ3) is 1.68. The number of furan rings is 1. The van der Waals surface area contributed by atoms with Crippen LogP contribution in [0, 0.1) is 0 Å². The van der Waals surface area contributed by atoms with Gasteiger partial charge in [0.1, 0.15) is 0 Å². The van der Waals surface area contributed by atoms with E-state index >= 15 is 0 Å². The molecule has 2 N–H and O–H groups in total. The largest absolute Gasteiger partial charge is 0.478 e. The first kappa shape index (κ1) is 11.7. The maximum Gasteiger partial charge on any atom is 0.337 e. The highest BCUT2D eigenvalue weighted by molar-refractivity contribution is 6.07. The van der Waals surface area contributed by atoms with Crippen LogP contribution in [0.1, 0.15) is 44.8 Å². The van der Waals surface area contributed by atoms with Gasteiger partial charge in [-0.15, -0.1) is 0 Å². The van der Waals surface area contributed by atoms with Crippen LogP contribution in [0.5, 0.6) is 0 Å². The minimum atomic E-state index is -1.15. The smallest absolute Gasteiger partial charge is 0.337 e. The molecule has 0 saturated heterocycles. The summed E-state index contributed by atoms with van der Waals surface area (Å²) >= 11 is 0. The average Bonchev–Trinajstić information content (AvgIpc) is 3.05. The highest BCUT2D eigenvalue weighted by Crippen LogP contribution is 2.33. The summed E-state index contributed by atoms with van der Waals surface area (Å²) in [4.78, 5) is 23.4. The zero-order valence-electron chi connectivity index (χ0n) is 9.87. The van der Waals surface area contributed by atoms with Crippen molar-refractivity contribution in [2.24, 2.45) is 0 Å². The molecule has 0 aliphatic carbocycles. The van der Waals surface area contributed by atoms with Crippen LogP contribution in [-0.2, 0) is 6.54 Å². The van der Waals surface area contributed by atoms with Gasteiger partial charge >= 0.3 is 5.97 Å². The van der Waals surface area contributed by atoms with Gasteiger partial charge in [0, 0.05) is 6.54 Å². The molecule has 0 bridgehead atoms. The summed E-state index contributed by atoms with van der Waals surface area (Å²) in [5.41, 5.74) is 0.501. The molecule has 0 saturated carbocycles. The lowest BCUT2D eigenvalue weighted by molar-refractivity contribution is 0.0689. The summed E-state index contributed by atoms with van der Waals surface area (Å²) < 4.78 is 6.59. The van der Waals surface area contributed by atoms with Crippen LogP contribution in [0.3, 0.4) is 0 Å². The average molecular weight is 261 g/mol. The molecule has 19 heavy (non-hydrogen) atoms. The zero-order valence-corrected chi connectivity index (χ0v) is 9.87.